The topological polar surface area (TPSA) is 67.6 Å². The molecule has 2 rings (SSSR count). The summed E-state index contributed by atoms with van der Waals surface area (Å²) in [6.07, 6.45) is 1.71. The molecule has 1 aliphatic heterocycles. The predicted molar refractivity (Wildman–Crippen MR) is 67.8 cm³/mol. The lowest BCUT2D eigenvalue weighted by molar-refractivity contribution is 0.122. The molecular formula is C12H19N3O3. The number of rotatable bonds is 4. The van der Waals surface area contributed by atoms with Gasteiger partial charge in [0.2, 0.25) is 0 Å². The molecule has 6 nitrogen and oxygen atoms in total. The van der Waals surface area contributed by atoms with Crippen LogP contribution in [0.1, 0.15) is 6.92 Å². The van der Waals surface area contributed by atoms with Crippen molar-refractivity contribution in [1.82, 2.24) is 9.78 Å². The first-order valence-electron chi connectivity index (χ1n) is 6.21. The van der Waals surface area contributed by atoms with E-state index in [0.717, 1.165) is 18.8 Å². The molecule has 0 saturated carbocycles. The Morgan fingerprint density at radius 2 is 2.22 bits per heavy atom. The number of anilines is 1. The number of hydrogen-bond acceptors (Lipinski definition) is 5. The molecule has 6 heteroatoms. The van der Waals surface area contributed by atoms with Gasteiger partial charge >= 0.3 is 0 Å². The third-order valence-corrected chi connectivity index (χ3v) is 3.03. The second-order valence-electron chi connectivity index (χ2n) is 4.62. The molecule has 1 saturated heterocycles. The predicted octanol–water partition coefficient (Wildman–Crippen LogP) is -0.292. The first-order valence-corrected chi connectivity index (χ1v) is 6.21. The number of aliphatic hydroxyl groups is 1. The summed E-state index contributed by atoms with van der Waals surface area (Å²) in [5.41, 5.74) is 0.718. The van der Waals surface area contributed by atoms with Gasteiger partial charge in [0.25, 0.3) is 5.56 Å². The van der Waals surface area contributed by atoms with Crippen LogP contribution in [0.4, 0.5) is 5.69 Å². The Kier molecular flexibility index (Phi) is 4.33. The van der Waals surface area contributed by atoms with Crippen LogP contribution in [-0.2, 0) is 11.3 Å². The van der Waals surface area contributed by atoms with Gasteiger partial charge in [0, 0.05) is 32.3 Å². The van der Waals surface area contributed by atoms with E-state index >= 15 is 0 Å². The minimum absolute atomic E-state index is 0.0319. The Balaban J connectivity index is 2.11. The molecule has 0 aliphatic carbocycles. The number of morpholine rings is 1. The lowest BCUT2D eigenvalue weighted by Gasteiger charge is -2.28. The zero-order valence-corrected chi connectivity index (χ0v) is 10.6. The Morgan fingerprint density at radius 1 is 1.50 bits per heavy atom. The second-order valence-corrected chi connectivity index (χ2v) is 4.62. The van der Waals surface area contributed by atoms with E-state index in [0.29, 0.717) is 19.8 Å². The highest BCUT2D eigenvalue weighted by Gasteiger charge is 2.13. The van der Waals surface area contributed by atoms with Gasteiger partial charge in [0.15, 0.2) is 0 Å². The molecule has 0 aromatic carbocycles. The summed E-state index contributed by atoms with van der Waals surface area (Å²) in [4.78, 5) is 14.0. The van der Waals surface area contributed by atoms with E-state index in [9.17, 15) is 4.79 Å². The largest absolute Gasteiger partial charge is 0.396 e. The fourth-order valence-electron chi connectivity index (χ4n) is 1.91. The average molecular weight is 253 g/mol. The van der Waals surface area contributed by atoms with Crippen LogP contribution in [0.2, 0.25) is 0 Å². The van der Waals surface area contributed by atoms with Gasteiger partial charge in [-0.25, -0.2) is 4.68 Å². The van der Waals surface area contributed by atoms with E-state index in [4.69, 9.17) is 9.84 Å². The fourth-order valence-corrected chi connectivity index (χ4v) is 1.91. The van der Waals surface area contributed by atoms with Gasteiger partial charge in [-0.3, -0.25) is 4.79 Å². The summed E-state index contributed by atoms with van der Waals surface area (Å²) in [7, 11) is 0. The first-order chi connectivity index (χ1) is 8.70. The van der Waals surface area contributed by atoms with Crippen LogP contribution in [0.5, 0.6) is 0 Å². The highest BCUT2D eigenvalue weighted by molar-refractivity contribution is 5.43. The van der Waals surface area contributed by atoms with Crippen LogP contribution in [0.15, 0.2) is 17.1 Å². The van der Waals surface area contributed by atoms with Gasteiger partial charge in [-0.05, 0) is 5.92 Å². The third kappa shape index (κ3) is 3.08. The summed E-state index contributed by atoms with van der Waals surface area (Å²) in [6, 6.07) is 1.60. The van der Waals surface area contributed by atoms with Crippen molar-refractivity contribution in [2.45, 2.75) is 13.5 Å². The first kappa shape index (κ1) is 13.0. The van der Waals surface area contributed by atoms with Crippen LogP contribution in [0.25, 0.3) is 0 Å². The van der Waals surface area contributed by atoms with E-state index in [1.807, 2.05) is 6.92 Å². The van der Waals surface area contributed by atoms with Crippen LogP contribution in [0, 0.1) is 5.92 Å². The van der Waals surface area contributed by atoms with Crippen molar-refractivity contribution < 1.29 is 9.84 Å². The van der Waals surface area contributed by atoms with Crippen molar-refractivity contribution in [3.8, 4) is 0 Å². The summed E-state index contributed by atoms with van der Waals surface area (Å²) in [6.45, 7) is 5.33. The van der Waals surface area contributed by atoms with Gasteiger partial charge in [-0.15, -0.1) is 0 Å². The molecule has 1 aromatic rings. The number of nitrogens with zero attached hydrogens (tertiary/aromatic N) is 3. The fraction of sp³-hybridized carbons (Fsp3) is 0.667. The van der Waals surface area contributed by atoms with E-state index in [1.165, 1.54) is 4.68 Å². The maximum Gasteiger partial charge on any atom is 0.268 e. The summed E-state index contributed by atoms with van der Waals surface area (Å²) < 4.78 is 6.66. The van der Waals surface area contributed by atoms with Gasteiger partial charge in [0.05, 0.1) is 25.1 Å². The average Bonchev–Trinajstić information content (AvgIpc) is 2.42. The van der Waals surface area contributed by atoms with Crippen LogP contribution in [-0.4, -0.2) is 47.8 Å². The van der Waals surface area contributed by atoms with E-state index in [2.05, 4.69) is 10.00 Å². The molecule has 1 N–H and O–H groups in total. The van der Waals surface area contributed by atoms with Crippen molar-refractivity contribution in [3.63, 3.8) is 0 Å². The van der Waals surface area contributed by atoms with Crippen LogP contribution >= 0.6 is 0 Å². The zero-order chi connectivity index (χ0) is 13.0. The minimum atomic E-state index is -0.126. The molecular weight excluding hydrogens is 234 g/mol. The summed E-state index contributed by atoms with van der Waals surface area (Å²) >= 11 is 0. The van der Waals surface area contributed by atoms with Gasteiger partial charge in [-0.1, -0.05) is 6.92 Å². The molecule has 0 spiro atoms. The Labute approximate surface area is 106 Å². The summed E-state index contributed by atoms with van der Waals surface area (Å²) in [5, 5.41) is 13.1. The van der Waals surface area contributed by atoms with Gasteiger partial charge < -0.3 is 14.7 Å². The van der Waals surface area contributed by atoms with Crippen molar-refractivity contribution in [3.05, 3.63) is 22.6 Å². The van der Waals surface area contributed by atoms with Crippen LogP contribution in [0.3, 0.4) is 0 Å². The van der Waals surface area contributed by atoms with Gasteiger partial charge in [0.1, 0.15) is 0 Å². The van der Waals surface area contributed by atoms with Crippen molar-refractivity contribution >= 4 is 5.69 Å². The standard InChI is InChI=1S/C12H19N3O3/c1-10(9-16)8-15-12(17)6-11(7-13-15)14-2-4-18-5-3-14/h6-7,10,16H,2-5,8-9H2,1H3. The summed E-state index contributed by atoms with van der Waals surface area (Å²) in [5.74, 6) is 0.0319. The molecule has 2 heterocycles. The molecule has 1 fully saturated rings. The molecule has 1 unspecified atom stereocenters. The SMILES string of the molecule is CC(CO)Cn1ncc(N2CCOCC2)cc1=O. The third-order valence-electron chi connectivity index (χ3n) is 3.03. The number of aliphatic hydroxyl groups excluding tert-OH is 1. The van der Waals surface area contributed by atoms with E-state index < -0.39 is 0 Å². The van der Waals surface area contributed by atoms with E-state index in [-0.39, 0.29) is 18.1 Å². The Hall–Kier alpha value is -1.40. The maximum absolute atomic E-state index is 11.9. The quantitative estimate of drug-likeness (QED) is 0.798. The second kappa shape index (κ2) is 5.97. The molecule has 18 heavy (non-hydrogen) atoms. The van der Waals surface area contributed by atoms with Gasteiger partial charge in [-0.2, -0.15) is 5.10 Å². The minimum Gasteiger partial charge on any atom is -0.396 e. The molecule has 0 bridgehead atoms. The molecule has 100 valence electrons. The van der Waals surface area contributed by atoms with Crippen molar-refractivity contribution in [1.29, 1.82) is 0 Å². The van der Waals surface area contributed by atoms with Crippen molar-refractivity contribution in [2.24, 2.45) is 5.92 Å². The Bertz CT molecular complexity index is 440. The molecule has 1 aromatic heterocycles. The Morgan fingerprint density at radius 3 is 2.83 bits per heavy atom. The molecule has 1 atom stereocenters. The monoisotopic (exact) mass is 253 g/mol. The highest BCUT2D eigenvalue weighted by Crippen LogP contribution is 2.11. The smallest absolute Gasteiger partial charge is 0.268 e. The number of ether oxygens (including phenoxy) is 1. The maximum atomic E-state index is 11.9. The van der Waals surface area contributed by atoms with Crippen LogP contribution < -0.4 is 10.5 Å². The molecule has 0 amide bonds. The zero-order valence-electron chi connectivity index (χ0n) is 10.6. The number of aromatic nitrogens is 2. The lowest BCUT2D eigenvalue weighted by atomic mass is 10.2. The van der Waals surface area contributed by atoms with E-state index in [1.54, 1.807) is 12.3 Å². The molecule has 1 aliphatic rings. The normalized spacial score (nSPS) is 17.8. The van der Waals surface area contributed by atoms with Crippen molar-refractivity contribution in [2.75, 3.05) is 37.8 Å². The lowest BCUT2D eigenvalue weighted by Crippen LogP contribution is -2.37. The highest BCUT2D eigenvalue weighted by atomic mass is 16.5. The number of hydrogen-bond donors (Lipinski definition) is 1. The molecule has 0 radical (unpaired) electrons.